The van der Waals surface area contributed by atoms with E-state index in [2.05, 4.69) is 29.0 Å². The molecule has 1 aliphatic heterocycles. The summed E-state index contributed by atoms with van der Waals surface area (Å²) >= 11 is 7.71. The largest absolute Gasteiger partial charge is 0.373 e. The Morgan fingerprint density at radius 2 is 2.03 bits per heavy atom. The highest BCUT2D eigenvalue weighted by molar-refractivity contribution is 7.13. The lowest BCUT2D eigenvalue weighted by Crippen LogP contribution is -2.44. The lowest BCUT2D eigenvalue weighted by atomic mass is 9.78. The number of ether oxygens (including phenoxy) is 1. The van der Waals surface area contributed by atoms with Crippen molar-refractivity contribution in [3.63, 3.8) is 0 Å². The number of nitrogens with zero attached hydrogens (tertiary/aromatic N) is 2. The Balaban J connectivity index is 1.45. The molecular weight excluding hydrogens is 406 g/mol. The molecule has 2 aliphatic rings. The van der Waals surface area contributed by atoms with Gasteiger partial charge in [-0.1, -0.05) is 36.6 Å². The Kier molecular flexibility index (Phi) is 6.25. The van der Waals surface area contributed by atoms with Gasteiger partial charge in [0.2, 0.25) is 5.91 Å². The first-order valence-electron chi connectivity index (χ1n) is 10.3. The predicted octanol–water partition coefficient (Wildman–Crippen LogP) is 4.86. The fourth-order valence-corrected chi connectivity index (χ4v) is 5.59. The van der Waals surface area contributed by atoms with Crippen LogP contribution in [0.15, 0.2) is 29.6 Å². The van der Waals surface area contributed by atoms with Crippen LogP contribution in [0.4, 0.5) is 5.13 Å². The van der Waals surface area contributed by atoms with Gasteiger partial charge in [-0.3, -0.25) is 9.69 Å². The molecule has 1 N–H and O–H groups in total. The molecule has 7 heteroatoms. The molecule has 2 heterocycles. The number of carbonyl (C=O) groups excluding carboxylic acids is 1. The number of thiazole rings is 1. The summed E-state index contributed by atoms with van der Waals surface area (Å²) in [6.07, 6.45) is 4.27. The summed E-state index contributed by atoms with van der Waals surface area (Å²) < 4.78 is 5.80. The Labute approximate surface area is 181 Å². The van der Waals surface area contributed by atoms with Crippen molar-refractivity contribution in [2.45, 2.75) is 63.7 Å². The van der Waals surface area contributed by atoms with E-state index in [1.807, 2.05) is 29.6 Å². The molecule has 2 unspecified atom stereocenters. The summed E-state index contributed by atoms with van der Waals surface area (Å²) in [7, 11) is 0. The van der Waals surface area contributed by atoms with Crippen molar-refractivity contribution in [3.05, 3.63) is 45.9 Å². The van der Waals surface area contributed by atoms with Crippen LogP contribution in [-0.2, 0) is 21.5 Å². The summed E-state index contributed by atoms with van der Waals surface area (Å²) in [5.41, 5.74) is 1.49. The number of hydrogen-bond donors (Lipinski definition) is 1. The highest BCUT2D eigenvalue weighted by Gasteiger charge is 2.43. The quantitative estimate of drug-likeness (QED) is 0.731. The van der Waals surface area contributed by atoms with Gasteiger partial charge in [0.05, 0.1) is 23.3 Å². The molecule has 0 spiro atoms. The highest BCUT2D eigenvalue weighted by Crippen LogP contribution is 2.42. The van der Waals surface area contributed by atoms with Crippen molar-refractivity contribution in [2.24, 2.45) is 0 Å². The number of hydrogen-bond acceptors (Lipinski definition) is 5. The van der Waals surface area contributed by atoms with Crippen molar-refractivity contribution in [1.82, 2.24) is 9.88 Å². The van der Waals surface area contributed by atoms with Crippen LogP contribution >= 0.6 is 22.9 Å². The first-order valence-corrected chi connectivity index (χ1v) is 11.6. The van der Waals surface area contributed by atoms with Gasteiger partial charge in [-0.05, 0) is 44.4 Å². The van der Waals surface area contributed by atoms with Crippen LogP contribution < -0.4 is 5.32 Å². The average Bonchev–Trinajstić information content (AvgIpc) is 3.31. The monoisotopic (exact) mass is 433 g/mol. The smallest absolute Gasteiger partial charge is 0.236 e. The minimum atomic E-state index is -0.508. The van der Waals surface area contributed by atoms with Crippen LogP contribution in [0.2, 0.25) is 5.02 Å². The van der Waals surface area contributed by atoms with E-state index in [4.69, 9.17) is 16.3 Å². The van der Waals surface area contributed by atoms with Crippen LogP contribution in [-0.4, -0.2) is 41.1 Å². The van der Waals surface area contributed by atoms with Crippen molar-refractivity contribution in [1.29, 1.82) is 0 Å². The minimum Gasteiger partial charge on any atom is -0.373 e. The molecule has 1 aromatic heterocycles. The molecule has 1 saturated carbocycles. The van der Waals surface area contributed by atoms with Gasteiger partial charge < -0.3 is 10.1 Å². The van der Waals surface area contributed by atoms with Crippen molar-refractivity contribution in [2.75, 3.05) is 18.4 Å². The molecule has 1 aromatic carbocycles. The molecule has 4 rings (SSSR count). The number of benzene rings is 1. The zero-order valence-electron chi connectivity index (χ0n) is 17.0. The number of nitrogens with one attached hydrogen (secondary N) is 1. The molecule has 2 fully saturated rings. The first-order chi connectivity index (χ1) is 13.9. The second kappa shape index (κ2) is 8.72. The van der Waals surface area contributed by atoms with Gasteiger partial charge in [0.25, 0.3) is 0 Å². The van der Waals surface area contributed by atoms with Crippen LogP contribution in [0.3, 0.4) is 0 Å². The van der Waals surface area contributed by atoms with Crippen molar-refractivity contribution >= 4 is 34.0 Å². The van der Waals surface area contributed by atoms with Crippen molar-refractivity contribution in [3.8, 4) is 0 Å². The lowest BCUT2D eigenvalue weighted by molar-refractivity contribution is -0.121. The zero-order chi connectivity index (χ0) is 20.4. The van der Waals surface area contributed by atoms with Crippen molar-refractivity contribution < 1.29 is 9.53 Å². The van der Waals surface area contributed by atoms with E-state index in [9.17, 15) is 4.79 Å². The third-order valence-electron chi connectivity index (χ3n) is 5.92. The summed E-state index contributed by atoms with van der Waals surface area (Å²) in [6.45, 7) is 6.80. The maximum Gasteiger partial charge on any atom is 0.236 e. The number of morpholine rings is 1. The topological polar surface area (TPSA) is 54.5 Å². The molecular formula is C22H28ClN3O2S. The van der Waals surface area contributed by atoms with E-state index < -0.39 is 5.41 Å². The third kappa shape index (κ3) is 4.66. The van der Waals surface area contributed by atoms with Gasteiger partial charge in [0.1, 0.15) is 0 Å². The second-order valence-corrected chi connectivity index (χ2v) is 9.64. The molecule has 156 valence electrons. The van der Waals surface area contributed by atoms with Gasteiger partial charge in [-0.15, -0.1) is 11.3 Å². The van der Waals surface area contributed by atoms with E-state index in [1.54, 1.807) is 0 Å². The molecule has 0 radical (unpaired) electrons. The van der Waals surface area contributed by atoms with Gasteiger partial charge in [-0.2, -0.15) is 0 Å². The van der Waals surface area contributed by atoms with Gasteiger partial charge in [-0.25, -0.2) is 4.98 Å². The van der Waals surface area contributed by atoms with Crippen LogP contribution in [0.25, 0.3) is 0 Å². The predicted molar refractivity (Wildman–Crippen MR) is 118 cm³/mol. The minimum absolute atomic E-state index is 0.0341. The van der Waals surface area contributed by atoms with Gasteiger partial charge in [0.15, 0.2) is 5.13 Å². The molecule has 0 bridgehead atoms. The van der Waals surface area contributed by atoms with E-state index in [0.29, 0.717) is 10.2 Å². The Morgan fingerprint density at radius 3 is 2.72 bits per heavy atom. The third-order valence-corrected chi connectivity index (χ3v) is 6.96. The summed E-state index contributed by atoms with van der Waals surface area (Å²) in [5.74, 6) is 0.0341. The molecule has 2 aromatic rings. The lowest BCUT2D eigenvalue weighted by Gasteiger charge is -2.34. The van der Waals surface area contributed by atoms with E-state index >= 15 is 0 Å². The van der Waals surface area contributed by atoms with Crippen LogP contribution in [0.1, 0.15) is 50.8 Å². The molecule has 5 nitrogen and oxygen atoms in total. The summed E-state index contributed by atoms with van der Waals surface area (Å²) in [6, 6.07) is 7.73. The maximum absolute atomic E-state index is 13.3. The van der Waals surface area contributed by atoms with Gasteiger partial charge in [0, 0.05) is 30.0 Å². The second-order valence-electron chi connectivity index (χ2n) is 8.35. The number of anilines is 1. The Bertz CT molecular complexity index is 855. The zero-order valence-corrected chi connectivity index (χ0v) is 18.6. The van der Waals surface area contributed by atoms with E-state index in [-0.39, 0.29) is 18.1 Å². The standard InChI is InChI=1S/C22H28ClN3O2S/c1-15-11-26(12-16(2)28-15)13-19-14-29-21(24-19)25-20(27)22(8-3-4-9-22)17-6-5-7-18(23)10-17/h5-7,10,14-16H,3-4,8-9,11-13H2,1-2H3,(H,24,25,27). The fraction of sp³-hybridized carbons (Fsp3) is 0.545. The molecule has 1 aliphatic carbocycles. The first kappa shape index (κ1) is 20.8. The molecule has 1 saturated heterocycles. The Hall–Kier alpha value is -1.47. The van der Waals surface area contributed by atoms with E-state index in [0.717, 1.165) is 56.6 Å². The van der Waals surface area contributed by atoms with Gasteiger partial charge >= 0.3 is 0 Å². The number of rotatable bonds is 5. The molecule has 29 heavy (non-hydrogen) atoms. The highest BCUT2D eigenvalue weighted by atomic mass is 35.5. The Morgan fingerprint density at radius 1 is 1.31 bits per heavy atom. The SMILES string of the molecule is CC1CN(Cc2csc(NC(=O)C3(c4cccc(Cl)c4)CCCC3)n2)CC(C)O1. The van der Waals surface area contributed by atoms with Crippen LogP contribution in [0.5, 0.6) is 0 Å². The number of amides is 1. The normalized spacial score (nSPS) is 24.5. The molecule has 2 atom stereocenters. The number of halogens is 1. The molecule has 1 amide bonds. The number of aromatic nitrogens is 1. The van der Waals surface area contributed by atoms with Crippen LogP contribution in [0, 0.1) is 0 Å². The summed E-state index contributed by atoms with van der Waals surface area (Å²) in [4.78, 5) is 20.4. The maximum atomic E-state index is 13.3. The summed E-state index contributed by atoms with van der Waals surface area (Å²) in [5, 5.41) is 6.49. The van der Waals surface area contributed by atoms with E-state index in [1.165, 1.54) is 11.3 Å². The average molecular weight is 434 g/mol. The number of carbonyl (C=O) groups is 1. The fourth-order valence-electron chi connectivity index (χ4n) is 4.71.